The second kappa shape index (κ2) is 10.3. The molecule has 17 heavy (non-hydrogen) atoms. The monoisotopic (exact) mass is 235 g/mol. The van der Waals surface area contributed by atoms with Crippen molar-refractivity contribution >= 4 is 0 Å². The third kappa shape index (κ3) is 5.36. The average molecular weight is 235 g/mol. The smallest absolute Gasteiger partial charge is 0.0212 e. The highest BCUT2D eigenvalue weighted by Crippen LogP contribution is 2.18. The molecular formula is C16H29N. The molecule has 1 heterocycles. The molecule has 0 saturated heterocycles. The van der Waals surface area contributed by atoms with Crippen molar-refractivity contribution in [1.82, 2.24) is 5.32 Å². The van der Waals surface area contributed by atoms with Crippen LogP contribution in [-0.2, 0) is 19.5 Å². The molecule has 0 radical (unpaired) electrons. The van der Waals surface area contributed by atoms with E-state index >= 15 is 0 Å². The predicted molar refractivity (Wildman–Crippen MR) is 78.3 cm³/mol. The molecule has 0 unspecified atom stereocenters. The van der Waals surface area contributed by atoms with E-state index in [-0.39, 0.29) is 0 Å². The number of unbranched alkanes of at least 4 members (excludes halogenated alkanes) is 1. The maximum atomic E-state index is 3.37. The molecule has 0 saturated carbocycles. The summed E-state index contributed by atoms with van der Waals surface area (Å²) < 4.78 is 0. The van der Waals surface area contributed by atoms with Gasteiger partial charge in [0.1, 0.15) is 0 Å². The lowest BCUT2D eigenvalue weighted by molar-refractivity contribution is 0.764. The van der Waals surface area contributed by atoms with Crippen LogP contribution >= 0.6 is 0 Å². The van der Waals surface area contributed by atoms with Crippen LogP contribution in [0.25, 0.3) is 0 Å². The molecule has 0 aromatic heterocycles. The first-order valence-electron chi connectivity index (χ1n) is 7.21. The third-order valence-electron chi connectivity index (χ3n) is 2.72. The van der Waals surface area contributed by atoms with Gasteiger partial charge in [-0.2, -0.15) is 0 Å². The number of aryl methyl sites for hydroxylation is 1. The standard InChI is InChI=1S/C12H17N.2C2H6/c1-2-3-4-10-5-6-11-8-13-9-12(11)7-10;2*1-2/h5-7,13H,2-4,8-9H2,1H3;2*1-2H3. The number of hydrogen-bond donors (Lipinski definition) is 1. The van der Waals surface area contributed by atoms with Crippen LogP contribution in [0.2, 0.25) is 0 Å². The maximum Gasteiger partial charge on any atom is 0.0212 e. The van der Waals surface area contributed by atoms with Crippen LogP contribution in [-0.4, -0.2) is 0 Å². The Hall–Kier alpha value is -0.820. The molecule has 1 aliphatic rings. The fourth-order valence-electron chi connectivity index (χ4n) is 1.88. The summed E-state index contributed by atoms with van der Waals surface area (Å²) in [5, 5.41) is 3.37. The molecule has 1 aliphatic heterocycles. The zero-order valence-corrected chi connectivity index (χ0v) is 12.3. The molecule has 1 aromatic carbocycles. The summed E-state index contributed by atoms with van der Waals surface area (Å²) in [6.45, 7) is 12.4. The Morgan fingerprint density at radius 3 is 2.29 bits per heavy atom. The summed E-state index contributed by atoms with van der Waals surface area (Å²) in [5.74, 6) is 0. The molecule has 98 valence electrons. The van der Waals surface area contributed by atoms with Gasteiger partial charge in [0.15, 0.2) is 0 Å². The largest absolute Gasteiger partial charge is 0.309 e. The molecule has 0 spiro atoms. The van der Waals surface area contributed by atoms with Gasteiger partial charge >= 0.3 is 0 Å². The van der Waals surface area contributed by atoms with E-state index in [0.29, 0.717) is 0 Å². The zero-order valence-electron chi connectivity index (χ0n) is 12.3. The molecule has 0 amide bonds. The Balaban J connectivity index is 0.000000581. The lowest BCUT2D eigenvalue weighted by atomic mass is 10.0. The van der Waals surface area contributed by atoms with Crippen molar-refractivity contribution in [2.45, 2.75) is 67.0 Å². The molecule has 0 aliphatic carbocycles. The van der Waals surface area contributed by atoms with E-state index in [1.807, 2.05) is 27.7 Å². The molecule has 0 atom stereocenters. The summed E-state index contributed by atoms with van der Waals surface area (Å²) in [6, 6.07) is 6.92. The van der Waals surface area contributed by atoms with Crippen molar-refractivity contribution in [3.63, 3.8) is 0 Å². The lowest BCUT2D eigenvalue weighted by Crippen LogP contribution is -1.99. The highest BCUT2D eigenvalue weighted by Gasteiger charge is 2.09. The van der Waals surface area contributed by atoms with Crippen LogP contribution in [0.4, 0.5) is 0 Å². The minimum atomic E-state index is 1.06. The number of benzene rings is 1. The van der Waals surface area contributed by atoms with Gasteiger partial charge in [0.05, 0.1) is 0 Å². The van der Waals surface area contributed by atoms with Gasteiger partial charge in [-0.05, 0) is 29.5 Å². The minimum Gasteiger partial charge on any atom is -0.309 e. The second-order valence-corrected chi connectivity index (χ2v) is 3.81. The zero-order chi connectivity index (χ0) is 13.1. The van der Waals surface area contributed by atoms with Gasteiger partial charge < -0.3 is 5.32 Å². The molecule has 0 fully saturated rings. The van der Waals surface area contributed by atoms with E-state index in [2.05, 4.69) is 30.4 Å². The van der Waals surface area contributed by atoms with E-state index in [1.54, 1.807) is 0 Å². The predicted octanol–water partition coefficient (Wildman–Crippen LogP) is 4.68. The van der Waals surface area contributed by atoms with Gasteiger partial charge in [0, 0.05) is 13.1 Å². The van der Waals surface area contributed by atoms with Gasteiger partial charge in [-0.1, -0.05) is 59.2 Å². The number of nitrogens with one attached hydrogen (secondary N) is 1. The van der Waals surface area contributed by atoms with Crippen molar-refractivity contribution in [1.29, 1.82) is 0 Å². The second-order valence-electron chi connectivity index (χ2n) is 3.81. The summed E-state index contributed by atoms with van der Waals surface area (Å²) in [7, 11) is 0. The Bertz CT molecular complexity index is 292. The molecule has 1 N–H and O–H groups in total. The van der Waals surface area contributed by atoms with E-state index in [1.165, 1.54) is 36.0 Å². The van der Waals surface area contributed by atoms with Crippen LogP contribution in [0.1, 0.15) is 64.2 Å². The van der Waals surface area contributed by atoms with Crippen LogP contribution in [0.15, 0.2) is 18.2 Å². The first-order valence-corrected chi connectivity index (χ1v) is 7.21. The van der Waals surface area contributed by atoms with Crippen LogP contribution in [0.3, 0.4) is 0 Å². The number of fused-ring (bicyclic) bond motifs is 1. The van der Waals surface area contributed by atoms with Crippen molar-refractivity contribution < 1.29 is 0 Å². The highest BCUT2D eigenvalue weighted by molar-refractivity contribution is 5.34. The summed E-state index contributed by atoms with van der Waals surface area (Å²) in [6.07, 6.45) is 3.84. The lowest BCUT2D eigenvalue weighted by Gasteiger charge is -2.02. The fraction of sp³-hybridized carbons (Fsp3) is 0.625. The van der Waals surface area contributed by atoms with E-state index in [0.717, 1.165) is 13.1 Å². The van der Waals surface area contributed by atoms with Gasteiger partial charge in [-0.25, -0.2) is 0 Å². The molecule has 1 nitrogen and oxygen atoms in total. The van der Waals surface area contributed by atoms with Crippen LogP contribution in [0, 0.1) is 0 Å². The average Bonchev–Trinajstić information content (AvgIpc) is 2.88. The van der Waals surface area contributed by atoms with E-state index in [4.69, 9.17) is 0 Å². The maximum absolute atomic E-state index is 3.37. The van der Waals surface area contributed by atoms with Crippen molar-refractivity contribution in [3.05, 3.63) is 34.9 Å². The first kappa shape index (κ1) is 16.2. The molecule has 2 rings (SSSR count). The van der Waals surface area contributed by atoms with E-state index in [9.17, 15) is 0 Å². The van der Waals surface area contributed by atoms with Gasteiger partial charge in [-0.3, -0.25) is 0 Å². The first-order chi connectivity index (χ1) is 8.40. The van der Waals surface area contributed by atoms with Gasteiger partial charge in [-0.15, -0.1) is 0 Å². The van der Waals surface area contributed by atoms with Crippen molar-refractivity contribution in [3.8, 4) is 0 Å². The Labute approximate surface area is 108 Å². The minimum absolute atomic E-state index is 1.06. The molecule has 1 heteroatoms. The Morgan fingerprint density at radius 1 is 1.00 bits per heavy atom. The summed E-state index contributed by atoms with van der Waals surface area (Å²) >= 11 is 0. The summed E-state index contributed by atoms with van der Waals surface area (Å²) in [5.41, 5.74) is 4.50. The molecule has 0 bridgehead atoms. The third-order valence-corrected chi connectivity index (χ3v) is 2.72. The fourth-order valence-corrected chi connectivity index (χ4v) is 1.88. The van der Waals surface area contributed by atoms with Crippen LogP contribution in [0.5, 0.6) is 0 Å². The molecular weight excluding hydrogens is 206 g/mol. The quantitative estimate of drug-likeness (QED) is 0.801. The SMILES string of the molecule is CC.CC.CCCCc1ccc2c(c1)CNC2. The number of hydrogen-bond acceptors (Lipinski definition) is 1. The Morgan fingerprint density at radius 2 is 1.65 bits per heavy atom. The Kier molecular flexibility index (Phi) is 9.84. The van der Waals surface area contributed by atoms with E-state index < -0.39 is 0 Å². The topological polar surface area (TPSA) is 12.0 Å². The molecule has 1 aromatic rings. The van der Waals surface area contributed by atoms with Crippen LogP contribution < -0.4 is 5.32 Å². The number of rotatable bonds is 3. The summed E-state index contributed by atoms with van der Waals surface area (Å²) in [4.78, 5) is 0. The van der Waals surface area contributed by atoms with Crippen molar-refractivity contribution in [2.75, 3.05) is 0 Å². The van der Waals surface area contributed by atoms with Gasteiger partial charge in [0.2, 0.25) is 0 Å². The highest BCUT2D eigenvalue weighted by atomic mass is 14.9. The normalized spacial score (nSPS) is 11.8. The van der Waals surface area contributed by atoms with Crippen molar-refractivity contribution in [2.24, 2.45) is 0 Å². The van der Waals surface area contributed by atoms with Gasteiger partial charge in [0.25, 0.3) is 0 Å².